The molecule has 0 bridgehead atoms. The van der Waals surface area contributed by atoms with Crippen LogP contribution in [0.25, 0.3) is 0 Å². The Hall–Kier alpha value is -1.93. The van der Waals surface area contributed by atoms with Crippen LogP contribution in [0.15, 0.2) is 30.3 Å². The van der Waals surface area contributed by atoms with E-state index in [-0.39, 0.29) is 41.4 Å². The number of carbonyl (C=O) groups excluding carboxylic acids is 2. The molecule has 1 unspecified atom stereocenters. The Morgan fingerprint density at radius 2 is 1.90 bits per heavy atom. The first-order chi connectivity index (χ1) is 14.8. The van der Waals surface area contributed by atoms with Crippen LogP contribution in [-0.2, 0) is 25.8 Å². The van der Waals surface area contributed by atoms with E-state index in [9.17, 15) is 18.0 Å². The van der Waals surface area contributed by atoms with Crippen LogP contribution in [0.5, 0.6) is 0 Å². The van der Waals surface area contributed by atoms with Gasteiger partial charge in [-0.25, -0.2) is 8.42 Å². The zero-order chi connectivity index (χ0) is 22.4. The van der Waals surface area contributed by atoms with Crippen LogP contribution in [0.4, 0.5) is 0 Å². The van der Waals surface area contributed by atoms with Gasteiger partial charge < -0.3 is 15.5 Å². The standard InChI is InChI=1S/C23H35N3O4S/c1-3-20(24-2)22(27)25-21-11-7-10-18-12-13-19(26(18)23(21)28)16-31(29,30)15-14-17-8-5-4-6-9-17/h4-6,8-9,18-21,24H,3,7,10-16H2,1-2H3,(H,25,27)/t18-,19-,20?,21-/m0/s1. The van der Waals surface area contributed by atoms with E-state index >= 15 is 0 Å². The molecule has 2 saturated heterocycles. The third-order valence-electron chi connectivity index (χ3n) is 6.58. The highest BCUT2D eigenvalue weighted by atomic mass is 32.2. The highest BCUT2D eigenvalue weighted by molar-refractivity contribution is 7.91. The SMILES string of the molecule is CCC(NC)C(=O)N[C@H]1CCC[C@H]2CC[C@@H](CS(=O)(=O)CCc3ccccc3)N2C1=O. The Kier molecular flexibility index (Phi) is 8.11. The number of fused-ring (bicyclic) bond motifs is 1. The van der Waals surface area contributed by atoms with Crippen LogP contribution < -0.4 is 10.6 Å². The maximum Gasteiger partial charge on any atom is 0.245 e. The Morgan fingerprint density at radius 3 is 2.58 bits per heavy atom. The second-order valence-corrected chi connectivity index (χ2v) is 11.0. The summed E-state index contributed by atoms with van der Waals surface area (Å²) in [6.45, 7) is 1.92. The van der Waals surface area contributed by atoms with E-state index in [1.165, 1.54) is 0 Å². The third-order valence-corrected chi connectivity index (χ3v) is 8.30. The van der Waals surface area contributed by atoms with Crippen molar-refractivity contribution in [3.05, 3.63) is 35.9 Å². The van der Waals surface area contributed by atoms with Crippen molar-refractivity contribution >= 4 is 21.7 Å². The number of hydrogen-bond acceptors (Lipinski definition) is 5. The molecule has 7 nitrogen and oxygen atoms in total. The molecule has 1 aromatic carbocycles. The molecule has 0 radical (unpaired) electrons. The number of hydrogen-bond donors (Lipinski definition) is 2. The zero-order valence-corrected chi connectivity index (χ0v) is 19.4. The summed E-state index contributed by atoms with van der Waals surface area (Å²) < 4.78 is 25.7. The minimum atomic E-state index is -3.30. The van der Waals surface area contributed by atoms with E-state index in [4.69, 9.17) is 0 Å². The van der Waals surface area contributed by atoms with Crippen LogP contribution >= 0.6 is 0 Å². The number of carbonyl (C=O) groups is 2. The molecule has 1 aromatic rings. The first kappa shape index (κ1) is 23.7. The van der Waals surface area contributed by atoms with Crippen molar-refractivity contribution in [2.45, 2.75) is 76.0 Å². The molecule has 3 rings (SSSR count). The van der Waals surface area contributed by atoms with Gasteiger partial charge in [0, 0.05) is 12.1 Å². The number of aryl methyl sites for hydroxylation is 1. The van der Waals surface area contributed by atoms with Gasteiger partial charge in [-0.1, -0.05) is 37.3 Å². The van der Waals surface area contributed by atoms with Crippen molar-refractivity contribution in [1.29, 1.82) is 0 Å². The number of nitrogens with one attached hydrogen (secondary N) is 2. The van der Waals surface area contributed by atoms with Gasteiger partial charge in [0.15, 0.2) is 9.84 Å². The monoisotopic (exact) mass is 449 g/mol. The number of amides is 2. The Labute approximate surface area is 185 Å². The third kappa shape index (κ3) is 6.07. The van der Waals surface area contributed by atoms with E-state index in [2.05, 4.69) is 10.6 Å². The zero-order valence-electron chi connectivity index (χ0n) is 18.5. The smallest absolute Gasteiger partial charge is 0.245 e. The molecule has 0 spiro atoms. The fourth-order valence-electron chi connectivity index (χ4n) is 4.85. The second kappa shape index (κ2) is 10.6. The lowest BCUT2D eigenvalue weighted by Gasteiger charge is -2.31. The Balaban J connectivity index is 1.66. The lowest BCUT2D eigenvalue weighted by molar-refractivity contribution is -0.138. The average molecular weight is 450 g/mol. The van der Waals surface area contributed by atoms with Gasteiger partial charge >= 0.3 is 0 Å². The topological polar surface area (TPSA) is 95.6 Å². The van der Waals surface area contributed by atoms with Crippen molar-refractivity contribution in [3.63, 3.8) is 0 Å². The quantitative estimate of drug-likeness (QED) is 0.598. The van der Waals surface area contributed by atoms with E-state index in [0.717, 1.165) is 24.8 Å². The summed E-state index contributed by atoms with van der Waals surface area (Å²) in [6.07, 6.45) is 4.97. The van der Waals surface area contributed by atoms with Gasteiger partial charge in [-0.2, -0.15) is 0 Å². The molecule has 172 valence electrons. The minimum Gasteiger partial charge on any atom is -0.343 e. The van der Waals surface area contributed by atoms with Crippen molar-refractivity contribution in [3.8, 4) is 0 Å². The molecule has 2 fully saturated rings. The van der Waals surface area contributed by atoms with Gasteiger partial charge in [0.1, 0.15) is 6.04 Å². The van der Waals surface area contributed by atoms with Gasteiger partial charge in [-0.3, -0.25) is 9.59 Å². The summed E-state index contributed by atoms with van der Waals surface area (Å²) in [6, 6.07) is 8.46. The largest absolute Gasteiger partial charge is 0.343 e. The predicted molar refractivity (Wildman–Crippen MR) is 121 cm³/mol. The molecular formula is C23H35N3O4S. The number of likely N-dealkylation sites (N-methyl/N-ethyl adjacent to an activating group) is 1. The van der Waals surface area contributed by atoms with E-state index in [1.807, 2.05) is 37.3 Å². The summed E-state index contributed by atoms with van der Waals surface area (Å²) in [5.41, 5.74) is 0.999. The van der Waals surface area contributed by atoms with Crippen molar-refractivity contribution < 1.29 is 18.0 Å². The fraction of sp³-hybridized carbons (Fsp3) is 0.652. The molecular weight excluding hydrogens is 414 g/mol. The van der Waals surface area contributed by atoms with Gasteiger partial charge in [0.05, 0.1) is 17.5 Å². The summed E-state index contributed by atoms with van der Waals surface area (Å²) in [4.78, 5) is 27.6. The number of rotatable bonds is 9. The summed E-state index contributed by atoms with van der Waals surface area (Å²) in [5, 5.41) is 5.88. The molecule has 0 aromatic heterocycles. The van der Waals surface area contributed by atoms with E-state index in [1.54, 1.807) is 11.9 Å². The highest BCUT2D eigenvalue weighted by Crippen LogP contribution is 2.32. The lowest BCUT2D eigenvalue weighted by atomic mass is 10.1. The molecule has 2 aliphatic rings. The van der Waals surface area contributed by atoms with Crippen LogP contribution in [0.3, 0.4) is 0 Å². The molecule has 0 saturated carbocycles. The molecule has 31 heavy (non-hydrogen) atoms. The van der Waals surface area contributed by atoms with Crippen LogP contribution in [0.1, 0.15) is 51.0 Å². The number of sulfone groups is 1. The molecule has 0 aliphatic carbocycles. The van der Waals surface area contributed by atoms with Crippen LogP contribution in [0.2, 0.25) is 0 Å². The van der Waals surface area contributed by atoms with E-state index < -0.39 is 15.9 Å². The number of nitrogens with zero attached hydrogens (tertiary/aromatic N) is 1. The summed E-state index contributed by atoms with van der Waals surface area (Å²) >= 11 is 0. The molecule has 2 amide bonds. The maximum atomic E-state index is 13.3. The van der Waals surface area contributed by atoms with E-state index in [0.29, 0.717) is 25.7 Å². The van der Waals surface area contributed by atoms with Gasteiger partial charge in [0.2, 0.25) is 11.8 Å². The molecule has 2 heterocycles. The minimum absolute atomic E-state index is 0.00313. The van der Waals surface area contributed by atoms with Gasteiger partial charge in [-0.05, 0) is 57.6 Å². The normalized spacial score (nSPS) is 25.0. The lowest BCUT2D eigenvalue weighted by Crippen LogP contribution is -2.55. The van der Waals surface area contributed by atoms with Gasteiger partial charge in [-0.15, -0.1) is 0 Å². The Bertz CT molecular complexity index is 855. The Morgan fingerprint density at radius 1 is 1.16 bits per heavy atom. The first-order valence-corrected chi connectivity index (χ1v) is 13.2. The van der Waals surface area contributed by atoms with Gasteiger partial charge in [0.25, 0.3) is 0 Å². The molecule has 8 heteroatoms. The highest BCUT2D eigenvalue weighted by Gasteiger charge is 2.43. The van der Waals surface area contributed by atoms with Crippen molar-refractivity contribution in [1.82, 2.24) is 15.5 Å². The second-order valence-electron chi connectivity index (χ2n) is 8.72. The van der Waals surface area contributed by atoms with Crippen LogP contribution in [-0.4, -0.2) is 67.9 Å². The van der Waals surface area contributed by atoms with Crippen molar-refractivity contribution in [2.24, 2.45) is 0 Å². The molecule has 4 atom stereocenters. The molecule has 2 N–H and O–H groups in total. The number of benzene rings is 1. The first-order valence-electron chi connectivity index (χ1n) is 11.4. The van der Waals surface area contributed by atoms with Crippen molar-refractivity contribution in [2.75, 3.05) is 18.6 Å². The summed E-state index contributed by atoms with van der Waals surface area (Å²) in [7, 11) is -1.57. The maximum absolute atomic E-state index is 13.3. The fourth-order valence-corrected chi connectivity index (χ4v) is 6.48. The molecule has 2 aliphatic heterocycles. The summed E-state index contributed by atoms with van der Waals surface area (Å²) in [5.74, 6) is -0.215. The average Bonchev–Trinajstić information content (AvgIpc) is 3.06. The van der Waals surface area contributed by atoms with Crippen LogP contribution in [0, 0.1) is 0 Å². The predicted octanol–water partition coefficient (Wildman–Crippen LogP) is 1.67.